The van der Waals surface area contributed by atoms with Gasteiger partial charge in [0, 0.05) is 22.8 Å². The summed E-state index contributed by atoms with van der Waals surface area (Å²) in [6.45, 7) is 2.82. The van der Waals surface area contributed by atoms with Crippen LogP contribution < -0.4 is 10.1 Å². The first-order valence-electron chi connectivity index (χ1n) is 8.17. The van der Waals surface area contributed by atoms with Gasteiger partial charge in [-0.25, -0.2) is 4.39 Å². The molecule has 0 aromatic heterocycles. The molecule has 0 aliphatic heterocycles. The normalized spacial score (nSPS) is 10.6. The number of nitrogens with one attached hydrogen (secondary N) is 1. The predicted molar refractivity (Wildman–Crippen MR) is 108 cm³/mol. The van der Waals surface area contributed by atoms with E-state index >= 15 is 0 Å². The fourth-order valence-electron chi connectivity index (χ4n) is 2.45. The number of anilines is 1. The van der Waals surface area contributed by atoms with Crippen molar-refractivity contribution in [3.63, 3.8) is 0 Å². The first-order valence-corrected chi connectivity index (χ1v) is 9.34. The molecule has 3 aromatic carbocycles. The van der Waals surface area contributed by atoms with E-state index in [4.69, 9.17) is 16.3 Å². The summed E-state index contributed by atoms with van der Waals surface area (Å²) in [7, 11) is 0. The Morgan fingerprint density at radius 1 is 1.08 bits per heavy atom. The summed E-state index contributed by atoms with van der Waals surface area (Å²) in [5.74, 6) is 0.414. The number of hydrogen-bond donors (Lipinski definition) is 1. The lowest BCUT2D eigenvalue weighted by molar-refractivity contribution is 0.298. The largest absolute Gasteiger partial charge is 0.488 e. The smallest absolute Gasteiger partial charge is 0.134 e. The molecule has 0 atom stereocenters. The summed E-state index contributed by atoms with van der Waals surface area (Å²) >= 11 is 9.67. The highest BCUT2D eigenvalue weighted by Gasteiger charge is 2.06. The number of rotatable bonds is 6. The molecule has 26 heavy (non-hydrogen) atoms. The van der Waals surface area contributed by atoms with Crippen molar-refractivity contribution in [2.24, 2.45) is 0 Å². The summed E-state index contributed by atoms with van der Waals surface area (Å²) in [5.41, 5.74) is 3.64. The monoisotopic (exact) mass is 433 g/mol. The van der Waals surface area contributed by atoms with Crippen molar-refractivity contribution in [1.29, 1.82) is 0 Å². The van der Waals surface area contributed by atoms with Gasteiger partial charge in [0.25, 0.3) is 0 Å². The van der Waals surface area contributed by atoms with Gasteiger partial charge in [0.15, 0.2) is 0 Å². The molecule has 3 aromatic rings. The Morgan fingerprint density at radius 3 is 2.62 bits per heavy atom. The molecule has 0 bridgehead atoms. The van der Waals surface area contributed by atoms with Gasteiger partial charge in [0.2, 0.25) is 0 Å². The van der Waals surface area contributed by atoms with Gasteiger partial charge >= 0.3 is 0 Å². The molecule has 5 heteroatoms. The Hall–Kier alpha value is -2.04. The SMILES string of the molecule is Cc1ccc(NCc2ccc(OCc3ccccc3F)c(Br)c2)cc1Cl. The van der Waals surface area contributed by atoms with Crippen LogP contribution in [0, 0.1) is 12.7 Å². The highest BCUT2D eigenvalue weighted by molar-refractivity contribution is 9.10. The quantitative estimate of drug-likeness (QED) is 0.464. The Morgan fingerprint density at radius 2 is 1.88 bits per heavy atom. The average molecular weight is 435 g/mol. The first-order chi connectivity index (χ1) is 12.5. The van der Waals surface area contributed by atoms with Crippen LogP contribution in [-0.2, 0) is 13.2 Å². The van der Waals surface area contributed by atoms with Crippen LogP contribution in [0.4, 0.5) is 10.1 Å². The molecular formula is C21H18BrClFNO. The highest BCUT2D eigenvalue weighted by atomic mass is 79.9. The Bertz CT molecular complexity index is 916. The lowest BCUT2D eigenvalue weighted by atomic mass is 10.2. The van der Waals surface area contributed by atoms with E-state index in [-0.39, 0.29) is 12.4 Å². The molecule has 3 rings (SSSR count). The van der Waals surface area contributed by atoms with Crippen molar-refractivity contribution >= 4 is 33.2 Å². The summed E-state index contributed by atoms with van der Waals surface area (Å²) in [5, 5.41) is 4.09. The van der Waals surface area contributed by atoms with Gasteiger partial charge in [-0.1, -0.05) is 41.9 Å². The standard InChI is InChI=1S/C21H18BrClFNO/c1-14-6-8-17(11-19(14)23)25-12-15-7-9-21(18(22)10-15)26-13-16-4-2-3-5-20(16)24/h2-11,25H,12-13H2,1H3. The zero-order valence-corrected chi connectivity index (χ0v) is 16.6. The molecule has 0 aliphatic rings. The molecule has 0 amide bonds. The van der Waals surface area contributed by atoms with Crippen LogP contribution in [-0.4, -0.2) is 0 Å². The van der Waals surface area contributed by atoms with Crippen molar-refractivity contribution in [2.75, 3.05) is 5.32 Å². The van der Waals surface area contributed by atoms with Crippen LogP contribution in [0.25, 0.3) is 0 Å². The molecular weight excluding hydrogens is 417 g/mol. The third-order valence-electron chi connectivity index (χ3n) is 4.01. The van der Waals surface area contributed by atoms with E-state index in [1.807, 2.05) is 43.3 Å². The molecule has 0 unspecified atom stereocenters. The minimum absolute atomic E-state index is 0.185. The second-order valence-electron chi connectivity index (χ2n) is 5.96. The number of halogens is 3. The van der Waals surface area contributed by atoms with Crippen molar-refractivity contribution in [3.05, 3.63) is 92.7 Å². The highest BCUT2D eigenvalue weighted by Crippen LogP contribution is 2.28. The summed E-state index contributed by atoms with van der Waals surface area (Å²) in [6, 6.07) is 18.3. The van der Waals surface area contributed by atoms with Crippen molar-refractivity contribution in [1.82, 2.24) is 0 Å². The summed E-state index contributed by atoms with van der Waals surface area (Å²) in [6.07, 6.45) is 0. The summed E-state index contributed by atoms with van der Waals surface area (Å²) < 4.78 is 20.2. The molecule has 134 valence electrons. The maximum absolute atomic E-state index is 13.7. The number of benzene rings is 3. The third-order valence-corrected chi connectivity index (χ3v) is 5.03. The lowest BCUT2D eigenvalue weighted by Gasteiger charge is -2.12. The van der Waals surface area contributed by atoms with Gasteiger partial charge in [0.1, 0.15) is 18.2 Å². The Balaban J connectivity index is 1.61. The van der Waals surface area contributed by atoms with E-state index in [1.165, 1.54) is 6.07 Å². The van der Waals surface area contributed by atoms with Gasteiger partial charge in [-0.15, -0.1) is 0 Å². The van der Waals surface area contributed by atoms with Crippen LogP contribution in [0.2, 0.25) is 5.02 Å². The van der Waals surface area contributed by atoms with Crippen LogP contribution in [0.15, 0.2) is 65.1 Å². The fraction of sp³-hybridized carbons (Fsp3) is 0.143. The minimum atomic E-state index is -0.263. The molecule has 2 nitrogen and oxygen atoms in total. The maximum atomic E-state index is 13.7. The zero-order valence-electron chi connectivity index (χ0n) is 14.2. The van der Waals surface area contributed by atoms with Gasteiger partial charge in [-0.2, -0.15) is 0 Å². The van der Waals surface area contributed by atoms with Gasteiger partial charge < -0.3 is 10.1 Å². The van der Waals surface area contributed by atoms with Crippen LogP contribution in [0.5, 0.6) is 5.75 Å². The number of hydrogen-bond acceptors (Lipinski definition) is 2. The first kappa shape index (κ1) is 18.7. The van der Waals surface area contributed by atoms with Crippen molar-refractivity contribution < 1.29 is 9.13 Å². The van der Waals surface area contributed by atoms with Crippen LogP contribution in [0.1, 0.15) is 16.7 Å². The van der Waals surface area contributed by atoms with E-state index < -0.39 is 0 Å². The van der Waals surface area contributed by atoms with Crippen molar-refractivity contribution in [2.45, 2.75) is 20.1 Å². The molecule has 0 saturated heterocycles. The molecule has 1 N–H and O–H groups in total. The van der Waals surface area contributed by atoms with E-state index in [9.17, 15) is 4.39 Å². The van der Waals surface area contributed by atoms with Gasteiger partial charge in [0.05, 0.1) is 4.47 Å². The summed E-state index contributed by atoms with van der Waals surface area (Å²) in [4.78, 5) is 0. The molecule has 0 spiro atoms. The van der Waals surface area contributed by atoms with Gasteiger partial charge in [-0.3, -0.25) is 0 Å². The fourth-order valence-corrected chi connectivity index (χ4v) is 3.17. The molecule has 0 fully saturated rings. The average Bonchev–Trinajstić information content (AvgIpc) is 2.63. The van der Waals surface area contributed by atoms with E-state index in [0.717, 1.165) is 26.3 Å². The lowest BCUT2D eigenvalue weighted by Crippen LogP contribution is -2.01. The molecule has 0 heterocycles. The minimum Gasteiger partial charge on any atom is -0.488 e. The Kier molecular flexibility index (Phi) is 6.17. The van der Waals surface area contributed by atoms with Crippen LogP contribution in [0.3, 0.4) is 0 Å². The number of aryl methyl sites for hydroxylation is 1. The topological polar surface area (TPSA) is 21.3 Å². The molecule has 0 saturated carbocycles. The van der Waals surface area contributed by atoms with E-state index in [0.29, 0.717) is 17.9 Å². The molecule has 0 aliphatic carbocycles. The second kappa shape index (κ2) is 8.56. The zero-order chi connectivity index (χ0) is 18.5. The van der Waals surface area contributed by atoms with Gasteiger partial charge in [-0.05, 0) is 64.3 Å². The van der Waals surface area contributed by atoms with E-state index in [2.05, 4.69) is 21.2 Å². The Labute approximate surface area is 166 Å². The second-order valence-corrected chi connectivity index (χ2v) is 7.22. The maximum Gasteiger partial charge on any atom is 0.134 e. The molecule has 0 radical (unpaired) electrons. The van der Waals surface area contributed by atoms with Crippen LogP contribution >= 0.6 is 27.5 Å². The van der Waals surface area contributed by atoms with Crippen molar-refractivity contribution in [3.8, 4) is 5.75 Å². The predicted octanol–water partition coefficient (Wildman–Crippen LogP) is 6.74. The van der Waals surface area contributed by atoms with E-state index in [1.54, 1.807) is 18.2 Å². The third kappa shape index (κ3) is 4.77. The number of ether oxygens (including phenoxy) is 1.